The Kier molecular flexibility index (Phi) is 3.43. The summed E-state index contributed by atoms with van der Waals surface area (Å²) in [7, 11) is 0. The highest BCUT2D eigenvalue weighted by Crippen LogP contribution is 2.30. The Morgan fingerprint density at radius 1 is 1.35 bits per heavy atom. The van der Waals surface area contributed by atoms with Crippen LogP contribution in [0.3, 0.4) is 0 Å². The van der Waals surface area contributed by atoms with Crippen LogP contribution in [0.1, 0.15) is 21.6 Å². The van der Waals surface area contributed by atoms with Crippen molar-refractivity contribution in [3.05, 3.63) is 47.3 Å². The Morgan fingerprint density at radius 2 is 2.05 bits per heavy atom. The van der Waals surface area contributed by atoms with Crippen molar-refractivity contribution in [3.63, 3.8) is 0 Å². The van der Waals surface area contributed by atoms with E-state index < -0.39 is 29.4 Å². The smallest absolute Gasteiger partial charge is 0.436 e. The van der Waals surface area contributed by atoms with Gasteiger partial charge in [0.1, 0.15) is 5.56 Å². The van der Waals surface area contributed by atoms with Gasteiger partial charge in [0.2, 0.25) is 5.95 Å². The van der Waals surface area contributed by atoms with E-state index in [-0.39, 0.29) is 6.54 Å². The fourth-order valence-electron chi connectivity index (χ4n) is 1.56. The maximum Gasteiger partial charge on any atom is 0.436 e. The van der Waals surface area contributed by atoms with Crippen LogP contribution in [0.15, 0.2) is 24.5 Å². The van der Waals surface area contributed by atoms with Crippen molar-refractivity contribution < 1.29 is 27.5 Å². The molecule has 2 heterocycles. The van der Waals surface area contributed by atoms with E-state index in [1.54, 1.807) is 0 Å². The summed E-state index contributed by atoms with van der Waals surface area (Å²) in [6.07, 6.45) is -2.96. The number of carboxylic acid groups (broad SMARTS) is 1. The van der Waals surface area contributed by atoms with Gasteiger partial charge in [-0.05, 0) is 11.6 Å². The lowest BCUT2D eigenvalue weighted by Gasteiger charge is -2.03. The average molecular weight is 289 g/mol. The summed E-state index contributed by atoms with van der Waals surface area (Å²) >= 11 is 0. The third-order valence-corrected chi connectivity index (χ3v) is 2.39. The lowest BCUT2D eigenvalue weighted by molar-refractivity contribution is -0.142. The third-order valence-electron chi connectivity index (χ3n) is 2.39. The molecule has 0 saturated heterocycles. The van der Waals surface area contributed by atoms with Crippen molar-refractivity contribution in [2.24, 2.45) is 0 Å². The van der Waals surface area contributed by atoms with Gasteiger partial charge in [0.05, 0.1) is 6.54 Å². The van der Waals surface area contributed by atoms with E-state index in [4.69, 9.17) is 5.11 Å². The number of rotatable bonds is 3. The molecule has 0 aromatic carbocycles. The number of aromatic carboxylic acids is 1. The second-order valence-corrected chi connectivity index (χ2v) is 3.88. The number of hydrogen-bond acceptors (Lipinski definition) is 3. The summed E-state index contributed by atoms with van der Waals surface area (Å²) in [5.41, 5.74) is -2.02. The number of hydrogen-bond donors (Lipinski definition) is 1. The number of carbonyl (C=O) groups is 1. The molecule has 1 N–H and O–H groups in total. The summed E-state index contributed by atoms with van der Waals surface area (Å²) in [6.45, 7) is -0.149. The fraction of sp³-hybridized carbons (Fsp3) is 0.182. The molecule has 0 unspecified atom stereocenters. The first-order valence-corrected chi connectivity index (χ1v) is 5.26. The van der Waals surface area contributed by atoms with Crippen LogP contribution >= 0.6 is 0 Å². The first-order valence-electron chi connectivity index (χ1n) is 5.26. The molecule has 2 aromatic heterocycles. The molecule has 0 saturated carbocycles. The molecule has 106 valence electrons. The molecule has 0 bridgehead atoms. The molecule has 5 nitrogen and oxygen atoms in total. The highest BCUT2D eigenvalue weighted by Gasteiger charge is 2.39. The van der Waals surface area contributed by atoms with Gasteiger partial charge in [-0.2, -0.15) is 22.7 Å². The SMILES string of the molecule is O=C(O)c1cn(Cc2ccc(F)nc2)nc1C(F)(F)F. The second kappa shape index (κ2) is 4.91. The normalized spacial score (nSPS) is 11.6. The number of carboxylic acids is 1. The van der Waals surface area contributed by atoms with Gasteiger partial charge in [-0.1, -0.05) is 6.07 Å². The molecule has 2 rings (SSSR count). The highest BCUT2D eigenvalue weighted by molar-refractivity contribution is 5.88. The summed E-state index contributed by atoms with van der Waals surface area (Å²) < 4.78 is 51.3. The van der Waals surface area contributed by atoms with E-state index in [1.165, 1.54) is 6.07 Å². The Bertz CT molecular complexity index is 634. The monoisotopic (exact) mass is 289 g/mol. The second-order valence-electron chi connectivity index (χ2n) is 3.88. The zero-order valence-electron chi connectivity index (χ0n) is 9.73. The Morgan fingerprint density at radius 3 is 2.50 bits per heavy atom. The number of nitrogens with zero attached hydrogens (tertiary/aromatic N) is 3. The van der Waals surface area contributed by atoms with Crippen LogP contribution in [-0.4, -0.2) is 25.8 Å². The van der Waals surface area contributed by atoms with Crippen molar-refractivity contribution in [1.82, 2.24) is 14.8 Å². The average Bonchev–Trinajstić information content (AvgIpc) is 2.76. The van der Waals surface area contributed by atoms with Gasteiger partial charge in [0, 0.05) is 12.4 Å². The van der Waals surface area contributed by atoms with Crippen molar-refractivity contribution in [3.8, 4) is 0 Å². The topological polar surface area (TPSA) is 68.0 Å². The molecule has 0 aliphatic rings. The van der Waals surface area contributed by atoms with Crippen molar-refractivity contribution in [1.29, 1.82) is 0 Å². The largest absolute Gasteiger partial charge is 0.478 e. The van der Waals surface area contributed by atoms with Gasteiger partial charge in [-0.15, -0.1) is 0 Å². The van der Waals surface area contributed by atoms with Gasteiger partial charge in [0.15, 0.2) is 5.69 Å². The van der Waals surface area contributed by atoms with E-state index in [1.807, 2.05) is 0 Å². The van der Waals surface area contributed by atoms with E-state index in [9.17, 15) is 22.4 Å². The molecule has 0 aliphatic heterocycles. The van der Waals surface area contributed by atoms with Crippen LogP contribution in [0.2, 0.25) is 0 Å². The maximum absolute atomic E-state index is 12.6. The van der Waals surface area contributed by atoms with Crippen molar-refractivity contribution in [2.45, 2.75) is 12.7 Å². The predicted octanol–water partition coefficient (Wildman–Crippen LogP) is 2.18. The van der Waals surface area contributed by atoms with E-state index >= 15 is 0 Å². The molecule has 0 amide bonds. The lowest BCUT2D eigenvalue weighted by Crippen LogP contribution is -2.12. The molecular formula is C11H7F4N3O2. The predicted molar refractivity (Wildman–Crippen MR) is 57.5 cm³/mol. The van der Waals surface area contributed by atoms with Gasteiger partial charge in [-0.3, -0.25) is 4.68 Å². The number of halogens is 4. The zero-order chi connectivity index (χ0) is 14.9. The molecule has 0 spiro atoms. The molecule has 0 aliphatic carbocycles. The first-order chi connectivity index (χ1) is 9.27. The lowest BCUT2D eigenvalue weighted by atomic mass is 10.2. The van der Waals surface area contributed by atoms with Gasteiger partial charge in [-0.25, -0.2) is 9.78 Å². The summed E-state index contributed by atoms with van der Waals surface area (Å²) in [4.78, 5) is 14.1. The number of pyridine rings is 1. The maximum atomic E-state index is 12.6. The first kappa shape index (κ1) is 14.0. The minimum atomic E-state index is -4.86. The van der Waals surface area contributed by atoms with Crippen molar-refractivity contribution >= 4 is 5.97 Å². The Balaban J connectivity index is 2.34. The van der Waals surface area contributed by atoms with E-state index in [0.717, 1.165) is 23.1 Å². The summed E-state index contributed by atoms with van der Waals surface area (Å²) in [6, 6.07) is 2.36. The summed E-state index contributed by atoms with van der Waals surface area (Å²) in [5, 5.41) is 11.9. The Hall–Kier alpha value is -2.45. The van der Waals surface area contributed by atoms with Crippen LogP contribution in [0, 0.1) is 5.95 Å². The molecule has 2 aromatic rings. The zero-order valence-corrected chi connectivity index (χ0v) is 9.73. The number of alkyl halides is 3. The van der Waals surface area contributed by atoms with Crippen molar-refractivity contribution in [2.75, 3.05) is 0 Å². The highest BCUT2D eigenvalue weighted by atomic mass is 19.4. The van der Waals surface area contributed by atoms with Crippen LogP contribution in [0.5, 0.6) is 0 Å². The molecule has 0 radical (unpaired) electrons. The molecule has 20 heavy (non-hydrogen) atoms. The Labute approximate surface area is 109 Å². The van der Waals surface area contributed by atoms with Crippen LogP contribution in [0.25, 0.3) is 0 Å². The minimum Gasteiger partial charge on any atom is -0.478 e. The van der Waals surface area contributed by atoms with Gasteiger partial charge >= 0.3 is 12.1 Å². The van der Waals surface area contributed by atoms with Crippen LogP contribution < -0.4 is 0 Å². The van der Waals surface area contributed by atoms with E-state index in [2.05, 4.69) is 10.1 Å². The molecule has 0 fully saturated rings. The molecule has 0 atom stereocenters. The van der Waals surface area contributed by atoms with Crippen LogP contribution in [0.4, 0.5) is 17.6 Å². The van der Waals surface area contributed by atoms with Crippen LogP contribution in [-0.2, 0) is 12.7 Å². The van der Waals surface area contributed by atoms with Gasteiger partial charge < -0.3 is 5.11 Å². The molecule has 9 heteroatoms. The molecular weight excluding hydrogens is 282 g/mol. The summed E-state index contributed by atoms with van der Waals surface area (Å²) in [5.74, 6) is -2.45. The standard InChI is InChI=1S/C11H7F4N3O2/c12-8-2-1-6(3-16-8)4-18-5-7(10(19)20)9(17-18)11(13,14)15/h1-3,5H,4H2,(H,19,20). The third kappa shape index (κ3) is 2.92. The minimum absolute atomic E-state index is 0.149. The number of aromatic nitrogens is 3. The quantitative estimate of drug-likeness (QED) is 0.694. The van der Waals surface area contributed by atoms with E-state index in [0.29, 0.717) is 5.56 Å². The van der Waals surface area contributed by atoms with Gasteiger partial charge in [0.25, 0.3) is 0 Å². The fourth-order valence-corrected chi connectivity index (χ4v) is 1.56.